The van der Waals surface area contributed by atoms with Crippen LogP contribution in [0.25, 0.3) is 0 Å². The number of methoxy groups -OCH3 is 1. The molecule has 0 aliphatic heterocycles. The minimum Gasteiger partial charge on any atom is -0.497 e. The molecule has 1 unspecified atom stereocenters. The second-order valence-electron chi connectivity index (χ2n) is 9.26. The third kappa shape index (κ3) is 7.68. The van der Waals surface area contributed by atoms with Crippen molar-refractivity contribution in [3.8, 4) is 5.75 Å². The van der Waals surface area contributed by atoms with E-state index < -0.39 is 28.5 Å². The van der Waals surface area contributed by atoms with E-state index in [1.54, 1.807) is 61.5 Å². The smallest absolute Gasteiger partial charge is 0.264 e. The summed E-state index contributed by atoms with van der Waals surface area (Å²) in [5, 5.41) is 3.47. The molecular formula is C29H33Cl2N3O5S. The van der Waals surface area contributed by atoms with E-state index in [0.29, 0.717) is 33.6 Å². The molecule has 0 spiro atoms. The predicted molar refractivity (Wildman–Crippen MR) is 158 cm³/mol. The van der Waals surface area contributed by atoms with Crippen LogP contribution in [0.4, 0.5) is 5.69 Å². The van der Waals surface area contributed by atoms with Gasteiger partial charge in [-0.1, -0.05) is 53.9 Å². The van der Waals surface area contributed by atoms with Crippen LogP contribution >= 0.6 is 23.2 Å². The summed E-state index contributed by atoms with van der Waals surface area (Å²) < 4.78 is 33.9. The van der Waals surface area contributed by atoms with Crippen molar-refractivity contribution in [1.82, 2.24) is 10.2 Å². The fraction of sp³-hybridized carbons (Fsp3) is 0.310. The van der Waals surface area contributed by atoms with Gasteiger partial charge in [0.25, 0.3) is 10.0 Å². The maximum absolute atomic E-state index is 13.9. The molecule has 40 heavy (non-hydrogen) atoms. The Bertz CT molecular complexity index is 1430. The molecule has 3 rings (SSSR count). The number of nitrogens with zero attached hydrogens (tertiary/aromatic N) is 2. The molecule has 1 atom stereocenters. The normalized spacial score (nSPS) is 11.9. The van der Waals surface area contributed by atoms with Crippen molar-refractivity contribution in [2.24, 2.45) is 0 Å². The number of sulfonamides is 1. The molecule has 0 aromatic heterocycles. The van der Waals surface area contributed by atoms with Crippen LogP contribution in [-0.4, -0.2) is 51.4 Å². The molecular weight excluding hydrogens is 573 g/mol. The number of hydrogen-bond donors (Lipinski definition) is 1. The van der Waals surface area contributed by atoms with Crippen LogP contribution < -0.4 is 14.4 Å². The highest BCUT2D eigenvalue weighted by molar-refractivity contribution is 7.92. The Morgan fingerprint density at radius 1 is 0.975 bits per heavy atom. The lowest BCUT2D eigenvalue weighted by molar-refractivity contribution is -0.139. The minimum atomic E-state index is -4.17. The van der Waals surface area contributed by atoms with Crippen LogP contribution in [0.15, 0.2) is 71.6 Å². The van der Waals surface area contributed by atoms with Crippen LogP contribution in [0, 0.1) is 6.92 Å². The van der Waals surface area contributed by atoms with E-state index in [0.717, 1.165) is 16.3 Å². The van der Waals surface area contributed by atoms with Gasteiger partial charge in [-0.2, -0.15) is 0 Å². The van der Waals surface area contributed by atoms with E-state index >= 15 is 0 Å². The molecule has 1 N–H and O–H groups in total. The number of nitrogens with one attached hydrogen (secondary N) is 1. The standard InChI is InChI=1S/C29H33Cl2N3O5S/c1-5-16-32-29(36)21(3)33(18-22-8-15-26(30)27(31)17-22)28(35)19-34(23-9-6-20(2)7-10-23)40(37,38)25-13-11-24(39-4)12-14-25/h6-15,17,21H,5,16,18-19H2,1-4H3,(H,32,36). The zero-order valence-electron chi connectivity index (χ0n) is 22.9. The maximum Gasteiger partial charge on any atom is 0.264 e. The average Bonchev–Trinajstić information content (AvgIpc) is 2.95. The third-order valence-electron chi connectivity index (χ3n) is 6.30. The van der Waals surface area contributed by atoms with Gasteiger partial charge in [0.15, 0.2) is 0 Å². The van der Waals surface area contributed by atoms with Gasteiger partial charge in [0.1, 0.15) is 18.3 Å². The van der Waals surface area contributed by atoms with Gasteiger partial charge in [-0.15, -0.1) is 0 Å². The number of ether oxygens (including phenoxy) is 1. The van der Waals surface area contributed by atoms with Crippen LogP contribution in [0.1, 0.15) is 31.4 Å². The Kier molecular flexibility index (Phi) is 10.8. The van der Waals surface area contributed by atoms with Gasteiger partial charge >= 0.3 is 0 Å². The van der Waals surface area contributed by atoms with Gasteiger partial charge in [0, 0.05) is 13.1 Å². The van der Waals surface area contributed by atoms with E-state index in [1.165, 1.54) is 24.1 Å². The van der Waals surface area contributed by atoms with E-state index in [2.05, 4.69) is 5.32 Å². The summed E-state index contributed by atoms with van der Waals surface area (Å²) in [4.78, 5) is 28.2. The third-order valence-corrected chi connectivity index (χ3v) is 8.83. The molecule has 0 saturated heterocycles. The summed E-state index contributed by atoms with van der Waals surface area (Å²) in [5.74, 6) is -0.422. The lowest BCUT2D eigenvalue weighted by Crippen LogP contribution is -2.51. The summed E-state index contributed by atoms with van der Waals surface area (Å²) in [5.41, 5.74) is 1.88. The monoisotopic (exact) mass is 605 g/mol. The molecule has 0 bridgehead atoms. The Morgan fingerprint density at radius 2 is 1.62 bits per heavy atom. The van der Waals surface area contributed by atoms with Gasteiger partial charge in [-0.25, -0.2) is 8.42 Å². The molecule has 3 aromatic carbocycles. The van der Waals surface area contributed by atoms with Gasteiger partial charge in [0.05, 0.1) is 27.7 Å². The van der Waals surface area contributed by atoms with Crippen molar-refractivity contribution >= 4 is 50.7 Å². The fourth-order valence-electron chi connectivity index (χ4n) is 3.93. The second-order valence-corrected chi connectivity index (χ2v) is 11.9. The Hall–Kier alpha value is -3.27. The van der Waals surface area contributed by atoms with Crippen molar-refractivity contribution < 1.29 is 22.7 Å². The summed E-state index contributed by atoms with van der Waals surface area (Å²) >= 11 is 12.3. The van der Waals surface area contributed by atoms with Crippen LogP contribution in [0.3, 0.4) is 0 Å². The van der Waals surface area contributed by atoms with Crippen LogP contribution in [0.5, 0.6) is 5.75 Å². The average molecular weight is 607 g/mol. The lowest BCUT2D eigenvalue weighted by Gasteiger charge is -2.32. The first-order chi connectivity index (χ1) is 19.0. The first-order valence-electron chi connectivity index (χ1n) is 12.7. The summed E-state index contributed by atoms with van der Waals surface area (Å²) in [6.45, 7) is 5.33. The largest absolute Gasteiger partial charge is 0.497 e. The molecule has 0 aliphatic carbocycles. The predicted octanol–water partition coefficient (Wildman–Crippen LogP) is 5.45. The first kappa shape index (κ1) is 31.3. The second kappa shape index (κ2) is 13.9. The molecule has 0 fully saturated rings. The molecule has 214 valence electrons. The molecule has 0 saturated carbocycles. The number of anilines is 1. The SMILES string of the molecule is CCCNC(=O)C(C)N(Cc1ccc(Cl)c(Cl)c1)C(=O)CN(c1ccc(C)cc1)S(=O)(=O)c1ccc(OC)cc1. The highest BCUT2D eigenvalue weighted by Gasteiger charge is 2.32. The number of aryl methyl sites for hydroxylation is 1. The zero-order chi connectivity index (χ0) is 29.4. The maximum atomic E-state index is 13.9. The molecule has 0 heterocycles. The number of amides is 2. The van der Waals surface area contributed by atoms with Crippen molar-refractivity contribution in [1.29, 1.82) is 0 Å². The fourth-order valence-corrected chi connectivity index (χ4v) is 5.66. The van der Waals surface area contributed by atoms with E-state index in [9.17, 15) is 18.0 Å². The van der Waals surface area contributed by atoms with Gasteiger partial charge in [-0.3, -0.25) is 13.9 Å². The molecule has 0 aliphatic rings. The van der Waals surface area contributed by atoms with E-state index in [-0.39, 0.29) is 17.3 Å². The van der Waals surface area contributed by atoms with Gasteiger partial charge < -0.3 is 15.0 Å². The van der Waals surface area contributed by atoms with Crippen molar-refractivity contribution in [3.05, 3.63) is 87.9 Å². The van der Waals surface area contributed by atoms with Crippen molar-refractivity contribution in [2.45, 2.75) is 44.7 Å². The topological polar surface area (TPSA) is 96.0 Å². The quantitative estimate of drug-likeness (QED) is 0.296. The van der Waals surface area contributed by atoms with Gasteiger partial charge in [-0.05, 0) is 74.4 Å². The lowest BCUT2D eigenvalue weighted by atomic mass is 10.1. The number of halogens is 2. The first-order valence-corrected chi connectivity index (χ1v) is 14.9. The summed E-state index contributed by atoms with van der Waals surface area (Å²) in [6.07, 6.45) is 0.723. The number of benzene rings is 3. The molecule has 0 radical (unpaired) electrons. The number of carbonyl (C=O) groups is 2. The summed E-state index contributed by atoms with van der Waals surface area (Å²) in [7, 11) is -2.69. The molecule has 11 heteroatoms. The highest BCUT2D eigenvalue weighted by atomic mass is 35.5. The van der Waals surface area contributed by atoms with E-state index in [4.69, 9.17) is 27.9 Å². The molecule has 2 amide bonds. The van der Waals surface area contributed by atoms with Gasteiger partial charge in [0.2, 0.25) is 11.8 Å². The minimum absolute atomic E-state index is 0.00792. The summed E-state index contributed by atoms with van der Waals surface area (Å²) in [6, 6.07) is 16.8. The Labute approximate surface area is 245 Å². The zero-order valence-corrected chi connectivity index (χ0v) is 25.2. The van der Waals surface area contributed by atoms with Crippen LogP contribution in [-0.2, 0) is 26.2 Å². The van der Waals surface area contributed by atoms with Crippen molar-refractivity contribution in [2.75, 3.05) is 24.5 Å². The van der Waals surface area contributed by atoms with Crippen molar-refractivity contribution in [3.63, 3.8) is 0 Å². The van der Waals surface area contributed by atoms with E-state index in [1.807, 2.05) is 13.8 Å². The number of hydrogen-bond acceptors (Lipinski definition) is 5. The Balaban J connectivity index is 2.02. The number of rotatable bonds is 12. The Morgan fingerprint density at radius 3 is 2.20 bits per heavy atom. The molecule has 8 nitrogen and oxygen atoms in total. The molecule has 3 aromatic rings. The number of carbonyl (C=O) groups excluding carboxylic acids is 2. The highest BCUT2D eigenvalue weighted by Crippen LogP contribution is 2.27. The van der Waals surface area contributed by atoms with Crippen LogP contribution in [0.2, 0.25) is 10.0 Å².